The molecule has 8 nitrogen and oxygen atoms in total. The molecular formula is C21H18F6N8. The van der Waals surface area contributed by atoms with E-state index in [0.717, 1.165) is 24.4 Å². The maximum absolute atomic E-state index is 13.1. The van der Waals surface area contributed by atoms with Crippen molar-refractivity contribution < 1.29 is 26.3 Å². The van der Waals surface area contributed by atoms with Crippen LogP contribution in [0, 0.1) is 16.7 Å². The Morgan fingerprint density at radius 3 is 2.17 bits per heavy atom. The van der Waals surface area contributed by atoms with Crippen molar-refractivity contribution in [2.24, 2.45) is 5.41 Å². The molecule has 0 fully saturated rings. The molecule has 1 atom stereocenters. The Balaban J connectivity index is 2.06. The molecule has 0 amide bonds. The zero-order chi connectivity index (χ0) is 26.0. The summed E-state index contributed by atoms with van der Waals surface area (Å²) < 4.78 is 78.4. The summed E-state index contributed by atoms with van der Waals surface area (Å²) in [7, 11) is 0. The standard InChI is InChI=1S/C21H18F6N8/c1-11(19(2,3)10-28)30-17-33-16(13-5-4-6-14(32-13)20(22,23)24)34-18(35-17)31-12-7-8-29-15(9-12)21(25,26)27/h4-9,11H,1-3H3,(H2,29,30,31,33,34,35). The first-order valence-corrected chi connectivity index (χ1v) is 9.98. The Morgan fingerprint density at radius 2 is 1.54 bits per heavy atom. The van der Waals surface area contributed by atoms with Crippen molar-refractivity contribution in [3.63, 3.8) is 0 Å². The van der Waals surface area contributed by atoms with Crippen LogP contribution in [0.15, 0.2) is 36.5 Å². The molecule has 3 rings (SSSR count). The van der Waals surface area contributed by atoms with E-state index in [0.29, 0.717) is 0 Å². The first-order valence-electron chi connectivity index (χ1n) is 9.98. The molecule has 0 saturated heterocycles. The lowest BCUT2D eigenvalue weighted by Crippen LogP contribution is -2.33. The molecule has 0 saturated carbocycles. The summed E-state index contributed by atoms with van der Waals surface area (Å²) in [5.74, 6) is -0.668. The summed E-state index contributed by atoms with van der Waals surface area (Å²) in [5, 5.41) is 14.8. The smallest absolute Gasteiger partial charge is 0.350 e. The van der Waals surface area contributed by atoms with Gasteiger partial charge in [0, 0.05) is 17.9 Å². The highest BCUT2D eigenvalue weighted by Gasteiger charge is 2.34. The molecule has 0 aliphatic rings. The van der Waals surface area contributed by atoms with E-state index >= 15 is 0 Å². The molecule has 1 unspecified atom stereocenters. The van der Waals surface area contributed by atoms with Crippen molar-refractivity contribution in [3.05, 3.63) is 47.9 Å². The SMILES string of the molecule is CC(Nc1nc(Nc2ccnc(C(F)(F)F)c2)nc(-c2cccc(C(F)(F)F)n2)n1)C(C)(C)C#N. The number of nitriles is 1. The highest BCUT2D eigenvalue weighted by Crippen LogP contribution is 2.31. The van der Waals surface area contributed by atoms with Crippen LogP contribution in [0.3, 0.4) is 0 Å². The molecular weight excluding hydrogens is 478 g/mol. The van der Waals surface area contributed by atoms with Crippen LogP contribution in [0.1, 0.15) is 32.2 Å². The highest BCUT2D eigenvalue weighted by molar-refractivity contribution is 5.59. The predicted octanol–water partition coefficient (Wildman–Crippen LogP) is 5.46. The van der Waals surface area contributed by atoms with Crippen LogP contribution < -0.4 is 10.6 Å². The number of alkyl halides is 6. The maximum atomic E-state index is 13.1. The first-order chi connectivity index (χ1) is 16.2. The topological polar surface area (TPSA) is 112 Å². The monoisotopic (exact) mass is 496 g/mol. The van der Waals surface area contributed by atoms with Crippen molar-refractivity contribution in [2.75, 3.05) is 10.6 Å². The van der Waals surface area contributed by atoms with E-state index in [9.17, 15) is 31.6 Å². The van der Waals surface area contributed by atoms with Crippen molar-refractivity contribution in [2.45, 2.75) is 39.2 Å². The van der Waals surface area contributed by atoms with E-state index in [1.165, 1.54) is 12.1 Å². The van der Waals surface area contributed by atoms with Gasteiger partial charge < -0.3 is 10.6 Å². The second-order valence-electron chi connectivity index (χ2n) is 7.96. The summed E-state index contributed by atoms with van der Waals surface area (Å²) in [5.41, 5.74) is -3.55. The zero-order valence-electron chi connectivity index (χ0n) is 18.5. The molecule has 14 heteroatoms. The van der Waals surface area contributed by atoms with Gasteiger partial charge in [-0.25, -0.2) is 4.98 Å². The lowest BCUT2D eigenvalue weighted by atomic mass is 9.87. The molecule has 0 spiro atoms. The predicted molar refractivity (Wildman–Crippen MR) is 113 cm³/mol. The van der Waals surface area contributed by atoms with Gasteiger partial charge in [-0.3, -0.25) is 4.98 Å². The minimum Gasteiger partial charge on any atom is -0.350 e. The number of halogens is 6. The molecule has 2 N–H and O–H groups in total. The molecule has 184 valence electrons. The summed E-state index contributed by atoms with van der Waals surface area (Å²) in [6.07, 6.45) is -8.49. The van der Waals surface area contributed by atoms with Crippen LogP contribution in [0.25, 0.3) is 11.5 Å². The van der Waals surface area contributed by atoms with Crippen LogP contribution in [0.2, 0.25) is 0 Å². The Morgan fingerprint density at radius 1 is 0.886 bits per heavy atom. The second-order valence-corrected chi connectivity index (χ2v) is 7.96. The van der Waals surface area contributed by atoms with Crippen LogP contribution in [-0.4, -0.2) is 31.0 Å². The molecule has 0 aromatic carbocycles. The van der Waals surface area contributed by atoms with Gasteiger partial charge in [0.1, 0.15) is 17.1 Å². The number of nitrogens with one attached hydrogen (secondary N) is 2. The molecule has 0 aliphatic heterocycles. The van der Waals surface area contributed by atoms with Crippen LogP contribution in [-0.2, 0) is 12.4 Å². The zero-order valence-corrected chi connectivity index (χ0v) is 18.5. The normalized spacial score (nSPS) is 13.1. The Labute approximate surface area is 195 Å². The average molecular weight is 496 g/mol. The van der Waals surface area contributed by atoms with E-state index < -0.39 is 35.2 Å². The molecule has 3 heterocycles. The number of aromatic nitrogens is 5. The van der Waals surface area contributed by atoms with Crippen LogP contribution >= 0.6 is 0 Å². The summed E-state index contributed by atoms with van der Waals surface area (Å²) in [6.45, 7) is 4.96. The lowest BCUT2D eigenvalue weighted by Gasteiger charge is -2.25. The number of hydrogen-bond acceptors (Lipinski definition) is 8. The molecule has 0 bridgehead atoms. The minimum absolute atomic E-state index is 0.0715. The average Bonchev–Trinajstić information content (AvgIpc) is 2.78. The third-order valence-corrected chi connectivity index (χ3v) is 4.93. The van der Waals surface area contributed by atoms with Gasteiger partial charge in [0.2, 0.25) is 11.9 Å². The molecule has 3 aromatic rings. The molecule has 0 radical (unpaired) electrons. The van der Waals surface area contributed by atoms with Gasteiger partial charge in [-0.05, 0) is 45.0 Å². The van der Waals surface area contributed by atoms with Crippen molar-refractivity contribution in [1.82, 2.24) is 24.9 Å². The van der Waals surface area contributed by atoms with Gasteiger partial charge in [0.15, 0.2) is 5.82 Å². The van der Waals surface area contributed by atoms with Crippen molar-refractivity contribution in [3.8, 4) is 17.6 Å². The lowest BCUT2D eigenvalue weighted by molar-refractivity contribution is -0.141. The number of rotatable bonds is 6. The minimum atomic E-state index is -4.72. The largest absolute Gasteiger partial charge is 0.433 e. The fourth-order valence-electron chi connectivity index (χ4n) is 2.59. The number of nitrogens with zero attached hydrogens (tertiary/aromatic N) is 6. The Kier molecular flexibility index (Phi) is 6.82. The maximum Gasteiger partial charge on any atom is 0.433 e. The van der Waals surface area contributed by atoms with E-state index in [2.05, 4.69) is 41.6 Å². The first kappa shape index (κ1) is 25.6. The molecule has 3 aromatic heterocycles. The number of hydrogen-bond donors (Lipinski definition) is 2. The number of pyridine rings is 2. The van der Waals surface area contributed by atoms with Gasteiger partial charge in [0.25, 0.3) is 0 Å². The van der Waals surface area contributed by atoms with Gasteiger partial charge in [-0.1, -0.05) is 6.07 Å². The van der Waals surface area contributed by atoms with E-state index in [1.54, 1.807) is 20.8 Å². The molecule has 0 aliphatic carbocycles. The number of anilines is 3. The van der Waals surface area contributed by atoms with Gasteiger partial charge in [-0.15, -0.1) is 0 Å². The van der Waals surface area contributed by atoms with Gasteiger partial charge in [0.05, 0.1) is 11.5 Å². The third kappa shape index (κ3) is 6.31. The van der Waals surface area contributed by atoms with Crippen molar-refractivity contribution >= 4 is 17.6 Å². The van der Waals surface area contributed by atoms with Gasteiger partial charge in [-0.2, -0.15) is 46.6 Å². The Hall–Kier alpha value is -4.02. The summed E-state index contributed by atoms with van der Waals surface area (Å²) >= 11 is 0. The fraction of sp³-hybridized carbons (Fsp3) is 0.333. The quantitative estimate of drug-likeness (QED) is 0.433. The van der Waals surface area contributed by atoms with E-state index in [1.807, 2.05) is 0 Å². The van der Waals surface area contributed by atoms with Gasteiger partial charge >= 0.3 is 12.4 Å². The third-order valence-electron chi connectivity index (χ3n) is 4.93. The fourth-order valence-corrected chi connectivity index (χ4v) is 2.59. The van der Waals surface area contributed by atoms with Crippen LogP contribution in [0.5, 0.6) is 0 Å². The highest BCUT2D eigenvalue weighted by atomic mass is 19.4. The van der Waals surface area contributed by atoms with Crippen LogP contribution in [0.4, 0.5) is 43.9 Å². The van der Waals surface area contributed by atoms with Crippen molar-refractivity contribution in [1.29, 1.82) is 5.26 Å². The van der Waals surface area contributed by atoms with E-state index in [4.69, 9.17) is 0 Å². The van der Waals surface area contributed by atoms with E-state index in [-0.39, 0.29) is 29.1 Å². The second kappa shape index (κ2) is 9.32. The molecule has 35 heavy (non-hydrogen) atoms. The Bertz CT molecular complexity index is 1250. The summed E-state index contributed by atoms with van der Waals surface area (Å²) in [6, 6.07) is 6.67. The summed E-state index contributed by atoms with van der Waals surface area (Å²) in [4.78, 5) is 19.1.